The zero-order valence-corrected chi connectivity index (χ0v) is 14.6. The summed E-state index contributed by atoms with van der Waals surface area (Å²) in [5, 5.41) is 17.2. The minimum atomic E-state index is -0.445. The van der Waals surface area contributed by atoms with Crippen LogP contribution in [-0.2, 0) is 6.42 Å². The van der Waals surface area contributed by atoms with Gasteiger partial charge in [-0.2, -0.15) is 0 Å². The van der Waals surface area contributed by atoms with Crippen molar-refractivity contribution in [1.82, 2.24) is 10.6 Å². The Morgan fingerprint density at radius 3 is 2.80 bits per heavy atom. The van der Waals surface area contributed by atoms with Crippen LogP contribution in [0.25, 0.3) is 0 Å². The Hall–Kier alpha value is -2.44. The Bertz CT molecular complexity index is 795. The number of hydrogen-bond acceptors (Lipinski definition) is 4. The van der Waals surface area contributed by atoms with E-state index in [0.29, 0.717) is 17.7 Å². The summed E-state index contributed by atoms with van der Waals surface area (Å²) in [4.78, 5) is 22.7. The highest BCUT2D eigenvalue weighted by Gasteiger charge is 2.20. The van der Waals surface area contributed by atoms with Crippen LogP contribution in [0.3, 0.4) is 0 Å². The first kappa shape index (κ1) is 18.9. The van der Waals surface area contributed by atoms with Gasteiger partial charge in [0, 0.05) is 29.8 Å². The van der Waals surface area contributed by atoms with Crippen molar-refractivity contribution < 1.29 is 9.72 Å². The molecule has 132 valence electrons. The number of benzene rings is 2. The number of nitrogens with zero attached hydrogens (tertiary/aromatic N) is 1. The molecule has 0 spiro atoms. The second-order valence-corrected chi connectivity index (χ2v) is 5.92. The summed E-state index contributed by atoms with van der Waals surface area (Å²) in [6.07, 6.45) is 0.988. The highest BCUT2D eigenvalue weighted by Crippen LogP contribution is 2.22. The van der Waals surface area contributed by atoms with Crippen molar-refractivity contribution >= 4 is 24.0 Å². The molecule has 2 N–H and O–H groups in total. The van der Waals surface area contributed by atoms with Crippen LogP contribution in [0, 0.1) is 17.0 Å². The average molecular weight is 362 g/mol. The third kappa shape index (κ3) is 4.15. The molecule has 0 saturated heterocycles. The molecular formula is C18H20ClN3O3. The molecule has 1 unspecified atom stereocenters. The number of carbonyl (C=O) groups is 1. The van der Waals surface area contributed by atoms with E-state index in [9.17, 15) is 14.9 Å². The van der Waals surface area contributed by atoms with Gasteiger partial charge in [-0.05, 0) is 43.1 Å². The van der Waals surface area contributed by atoms with Gasteiger partial charge < -0.3 is 10.6 Å². The summed E-state index contributed by atoms with van der Waals surface area (Å²) in [5.74, 6) is -0.224. The van der Waals surface area contributed by atoms with Crippen molar-refractivity contribution in [3.8, 4) is 0 Å². The number of aryl methyl sites for hydroxylation is 1. The molecule has 2 aromatic carbocycles. The van der Waals surface area contributed by atoms with Crippen LogP contribution >= 0.6 is 12.4 Å². The molecule has 25 heavy (non-hydrogen) atoms. The summed E-state index contributed by atoms with van der Waals surface area (Å²) in [6.45, 7) is 2.99. The number of amides is 1. The Kier molecular flexibility index (Phi) is 6.12. The minimum absolute atomic E-state index is 0. The van der Waals surface area contributed by atoms with Gasteiger partial charge in [-0.15, -0.1) is 12.4 Å². The zero-order valence-electron chi connectivity index (χ0n) is 13.8. The molecule has 0 saturated carbocycles. The lowest BCUT2D eigenvalue weighted by atomic mass is 9.94. The molecular weight excluding hydrogens is 342 g/mol. The fourth-order valence-electron chi connectivity index (χ4n) is 3.07. The lowest BCUT2D eigenvalue weighted by Gasteiger charge is -2.27. The highest BCUT2D eigenvalue weighted by molar-refractivity contribution is 5.94. The van der Waals surface area contributed by atoms with Gasteiger partial charge in [0.05, 0.1) is 4.92 Å². The number of nitro groups is 1. The predicted molar refractivity (Wildman–Crippen MR) is 98.3 cm³/mol. The first-order valence-corrected chi connectivity index (χ1v) is 7.90. The van der Waals surface area contributed by atoms with Crippen molar-refractivity contribution in [3.05, 3.63) is 74.8 Å². The number of nitrogens with one attached hydrogen (secondary N) is 2. The summed E-state index contributed by atoms with van der Waals surface area (Å²) in [7, 11) is 0. The molecule has 6 nitrogen and oxygen atoms in total. The van der Waals surface area contributed by atoms with E-state index in [1.54, 1.807) is 13.0 Å². The molecule has 7 heteroatoms. The van der Waals surface area contributed by atoms with E-state index >= 15 is 0 Å². The Labute approximate surface area is 152 Å². The van der Waals surface area contributed by atoms with Crippen LogP contribution in [0.2, 0.25) is 0 Å². The van der Waals surface area contributed by atoms with Gasteiger partial charge >= 0.3 is 0 Å². The lowest BCUT2D eigenvalue weighted by Crippen LogP contribution is -2.38. The van der Waals surface area contributed by atoms with Gasteiger partial charge in [0.15, 0.2) is 0 Å². The van der Waals surface area contributed by atoms with E-state index in [1.165, 1.54) is 23.3 Å². The summed E-state index contributed by atoms with van der Waals surface area (Å²) < 4.78 is 0. The van der Waals surface area contributed by atoms with Gasteiger partial charge in [-0.3, -0.25) is 14.9 Å². The number of hydrogen-bond donors (Lipinski definition) is 2. The van der Waals surface area contributed by atoms with Crippen molar-refractivity contribution in [3.63, 3.8) is 0 Å². The molecule has 1 amide bonds. The summed E-state index contributed by atoms with van der Waals surface area (Å²) >= 11 is 0. The van der Waals surface area contributed by atoms with Gasteiger partial charge in [-0.25, -0.2) is 0 Å². The van der Waals surface area contributed by atoms with Crippen molar-refractivity contribution in [2.45, 2.75) is 19.4 Å². The number of nitro benzene ring substituents is 1. The third-order valence-corrected chi connectivity index (χ3v) is 4.34. The summed E-state index contributed by atoms with van der Waals surface area (Å²) in [6, 6.07) is 12.7. The molecule has 0 bridgehead atoms. The molecule has 0 aliphatic carbocycles. The molecule has 0 radical (unpaired) electrons. The van der Waals surface area contributed by atoms with Crippen LogP contribution in [0.4, 0.5) is 5.69 Å². The predicted octanol–water partition coefficient (Wildman–Crippen LogP) is 2.94. The van der Waals surface area contributed by atoms with Gasteiger partial charge in [0.25, 0.3) is 11.6 Å². The standard InChI is InChI=1S/C18H19N3O3.ClH/c1-12-10-14(6-7-17(12)21(23)24)18(22)20-11-16-15-5-3-2-4-13(15)8-9-19-16;/h2-7,10,16,19H,8-9,11H2,1H3,(H,20,22);1H. The molecule has 3 rings (SSSR count). The SMILES string of the molecule is Cc1cc(C(=O)NCC2NCCc3ccccc32)ccc1[N+](=O)[O-].Cl. The van der Waals surface area contributed by atoms with Crippen molar-refractivity contribution in [1.29, 1.82) is 0 Å². The maximum absolute atomic E-state index is 12.3. The van der Waals surface area contributed by atoms with Gasteiger partial charge in [0.2, 0.25) is 0 Å². The number of fused-ring (bicyclic) bond motifs is 1. The monoisotopic (exact) mass is 361 g/mol. The molecule has 1 heterocycles. The quantitative estimate of drug-likeness (QED) is 0.647. The van der Waals surface area contributed by atoms with Crippen molar-refractivity contribution in [2.24, 2.45) is 0 Å². The van der Waals surface area contributed by atoms with E-state index in [4.69, 9.17) is 0 Å². The van der Waals surface area contributed by atoms with Crippen LogP contribution in [0.1, 0.15) is 33.1 Å². The second kappa shape index (κ2) is 8.09. The Morgan fingerprint density at radius 2 is 2.08 bits per heavy atom. The molecule has 1 aliphatic heterocycles. The molecule has 1 atom stereocenters. The normalized spacial score (nSPS) is 15.6. The largest absolute Gasteiger partial charge is 0.350 e. The molecule has 1 aliphatic rings. The topological polar surface area (TPSA) is 84.3 Å². The smallest absolute Gasteiger partial charge is 0.272 e. The second-order valence-electron chi connectivity index (χ2n) is 5.92. The highest BCUT2D eigenvalue weighted by atomic mass is 35.5. The first-order chi connectivity index (χ1) is 11.6. The first-order valence-electron chi connectivity index (χ1n) is 7.90. The van der Waals surface area contributed by atoms with Crippen LogP contribution in [0.5, 0.6) is 0 Å². The van der Waals surface area contributed by atoms with E-state index < -0.39 is 4.92 Å². The lowest BCUT2D eigenvalue weighted by molar-refractivity contribution is -0.385. The Balaban J connectivity index is 0.00000225. The maximum Gasteiger partial charge on any atom is 0.272 e. The summed E-state index contributed by atoms with van der Waals surface area (Å²) in [5.41, 5.74) is 3.45. The zero-order chi connectivity index (χ0) is 17.1. The fraction of sp³-hybridized carbons (Fsp3) is 0.278. The van der Waals surface area contributed by atoms with E-state index in [1.807, 2.05) is 12.1 Å². The number of rotatable bonds is 4. The van der Waals surface area contributed by atoms with Gasteiger partial charge in [0.1, 0.15) is 0 Å². The van der Waals surface area contributed by atoms with Gasteiger partial charge in [-0.1, -0.05) is 24.3 Å². The van der Waals surface area contributed by atoms with Crippen molar-refractivity contribution in [2.75, 3.05) is 13.1 Å². The maximum atomic E-state index is 12.3. The van der Waals surface area contributed by atoms with Crippen LogP contribution < -0.4 is 10.6 Å². The number of halogens is 1. The third-order valence-electron chi connectivity index (χ3n) is 4.34. The van der Waals surface area contributed by atoms with Crippen LogP contribution in [-0.4, -0.2) is 23.9 Å². The molecule has 2 aromatic rings. The molecule has 0 aromatic heterocycles. The number of carbonyl (C=O) groups excluding carboxylic acids is 1. The van der Waals surface area contributed by atoms with E-state index in [2.05, 4.69) is 22.8 Å². The van der Waals surface area contributed by atoms with Crippen LogP contribution in [0.15, 0.2) is 42.5 Å². The fourth-order valence-corrected chi connectivity index (χ4v) is 3.07. The minimum Gasteiger partial charge on any atom is -0.350 e. The van der Waals surface area contributed by atoms with E-state index in [-0.39, 0.29) is 30.0 Å². The average Bonchev–Trinajstić information content (AvgIpc) is 2.59. The Morgan fingerprint density at radius 1 is 1.32 bits per heavy atom. The molecule has 0 fully saturated rings. The van der Waals surface area contributed by atoms with E-state index in [0.717, 1.165) is 13.0 Å².